The first-order valence-electron chi connectivity index (χ1n) is 8.59. The van der Waals surface area contributed by atoms with Crippen molar-refractivity contribution < 1.29 is 9.90 Å². The molecular formula is C20H24N2O2. The number of hydrogen-bond donors (Lipinski definition) is 1. The van der Waals surface area contributed by atoms with E-state index in [1.807, 2.05) is 41.3 Å². The molecule has 0 spiro atoms. The minimum Gasteiger partial charge on any atom is -0.396 e. The summed E-state index contributed by atoms with van der Waals surface area (Å²) in [6.45, 7) is 3.74. The molecule has 1 aromatic carbocycles. The van der Waals surface area contributed by atoms with Gasteiger partial charge in [-0.15, -0.1) is 0 Å². The Morgan fingerprint density at radius 1 is 1.25 bits per heavy atom. The van der Waals surface area contributed by atoms with E-state index in [0.29, 0.717) is 13.1 Å². The van der Waals surface area contributed by atoms with Gasteiger partial charge in [-0.25, -0.2) is 4.98 Å². The van der Waals surface area contributed by atoms with Crippen LogP contribution in [-0.4, -0.2) is 40.6 Å². The van der Waals surface area contributed by atoms with Crippen LogP contribution in [0, 0.1) is 5.41 Å². The summed E-state index contributed by atoms with van der Waals surface area (Å²) in [5.41, 5.74) is 1.72. The molecule has 2 heterocycles. The van der Waals surface area contributed by atoms with Crippen molar-refractivity contribution in [3.05, 3.63) is 48.2 Å². The molecule has 0 radical (unpaired) electrons. The van der Waals surface area contributed by atoms with Crippen LogP contribution in [0.3, 0.4) is 0 Å². The number of carbonyl (C=O) groups is 1. The summed E-state index contributed by atoms with van der Waals surface area (Å²) in [7, 11) is 0. The molecule has 0 saturated carbocycles. The second-order valence-electron chi connectivity index (χ2n) is 6.60. The van der Waals surface area contributed by atoms with Crippen molar-refractivity contribution in [2.75, 3.05) is 19.7 Å². The smallest absolute Gasteiger partial charge is 0.246 e. The molecule has 1 fully saturated rings. The molecule has 4 nitrogen and oxygen atoms in total. The fraction of sp³-hybridized carbons (Fsp3) is 0.400. The molecule has 1 saturated heterocycles. The summed E-state index contributed by atoms with van der Waals surface area (Å²) in [5.74, 6) is 0.0209. The highest BCUT2D eigenvalue weighted by molar-refractivity contribution is 5.92. The molecule has 3 rings (SSSR count). The third kappa shape index (κ3) is 3.49. The van der Waals surface area contributed by atoms with Crippen LogP contribution < -0.4 is 0 Å². The van der Waals surface area contributed by atoms with Crippen LogP contribution in [0.25, 0.3) is 17.0 Å². The van der Waals surface area contributed by atoms with Crippen molar-refractivity contribution in [3.63, 3.8) is 0 Å². The summed E-state index contributed by atoms with van der Waals surface area (Å²) in [5, 5.41) is 10.7. The Bertz CT molecular complexity index is 740. The third-order valence-electron chi connectivity index (χ3n) is 5.24. The van der Waals surface area contributed by atoms with E-state index in [1.54, 1.807) is 12.2 Å². The van der Waals surface area contributed by atoms with E-state index in [0.717, 1.165) is 35.9 Å². The molecule has 1 aliphatic rings. The average Bonchev–Trinajstić information content (AvgIpc) is 2.66. The first kappa shape index (κ1) is 16.7. The Morgan fingerprint density at radius 3 is 2.71 bits per heavy atom. The number of nitrogens with zero attached hydrogens (tertiary/aromatic N) is 2. The molecule has 126 valence electrons. The monoisotopic (exact) mass is 324 g/mol. The Kier molecular flexibility index (Phi) is 4.95. The van der Waals surface area contributed by atoms with E-state index >= 15 is 0 Å². The van der Waals surface area contributed by atoms with Gasteiger partial charge in [0.05, 0.1) is 11.2 Å². The van der Waals surface area contributed by atoms with Gasteiger partial charge in [0.2, 0.25) is 5.91 Å². The maximum atomic E-state index is 12.4. The molecule has 0 atom stereocenters. The molecule has 0 aliphatic carbocycles. The number of pyridine rings is 1. The summed E-state index contributed by atoms with van der Waals surface area (Å²) in [4.78, 5) is 18.8. The number of aliphatic hydroxyl groups excluding tert-OH is 1. The Hall–Kier alpha value is -2.20. The number of piperidine rings is 1. The predicted molar refractivity (Wildman–Crippen MR) is 96.4 cm³/mol. The summed E-state index contributed by atoms with van der Waals surface area (Å²) >= 11 is 0. The van der Waals surface area contributed by atoms with Gasteiger partial charge in [-0.1, -0.05) is 31.2 Å². The number of aliphatic hydroxyl groups is 1. The lowest BCUT2D eigenvalue weighted by Crippen LogP contribution is -2.43. The van der Waals surface area contributed by atoms with Crippen molar-refractivity contribution in [3.8, 4) is 0 Å². The minimum atomic E-state index is 0.000392. The van der Waals surface area contributed by atoms with E-state index in [2.05, 4.69) is 11.9 Å². The second kappa shape index (κ2) is 7.14. The van der Waals surface area contributed by atoms with Gasteiger partial charge in [-0.05, 0) is 42.9 Å². The van der Waals surface area contributed by atoms with Crippen molar-refractivity contribution in [2.24, 2.45) is 5.41 Å². The minimum absolute atomic E-state index is 0.000392. The van der Waals surface area contributed by atoms with Crippen molar-refractivity contribution in [2.45, 2.75) is 26.2 Å². The molecule has 1 N–H and O–H groups in total. The number of fused-ring (bicyclic) bond motifs is 1. The molecule has 2 aromatic rings. The zero-order valence-electron chi connectivity index (χ0n) is 14.1. The maximum absolute atomic E-state index is 12.4. The molecule has 0 unspecified atom stereocenters. The summed E-state index contributed by atoms with van der Waals surface area (Å²) in [6, 6.07) is 11.9. The summed E-state index contributed by atoms with van der Waals surface area (Å²) < 4.78 is 0. The van der Waals surface area contributed by atoms with Gasteiger partial charge < -0.3 is 10.0 Å². The van der Waals surface area contributed by atoms with Crippen molar-refractivity contribution in [1.29, 1.82) is 0 Å². The zero-order chi connectivity index (χ0) is 17.0. The number of amides is 1. The van der Waals surface area contributed by atoms with Gasteiger partial charge >= 0.3 is 0 Å². The molecule has 4 heteroatoms. The quantitative estimate of drug-likeness (QED) is 0.878. The highest BCUT2D eigenvalue weighted by atomic mass is 16.3. The first-order chi connectivity index (χ1) is 11.7. The fourth-order valence-corrected chi connectivity index (χ4v) is 3.26. The molecule has 24 heavy (non-hydrogen) atoms. The largest absolute Gasteiger partial charge is 0.396 e. The molecule has 1 amide bonds. The highest BCUT2D eigenvalue weighted by Crippen LogP contribution is 2.34. The number of hydrogen-bond acceptors (Lipinski definition) is 3. The van der Waals surface area contributed by atoms with E-state index < -0.39 is 0 Å². The number of likely N-dealkylation sites (tertiary alicyclic amines) is 1. The molecule has 0 bridgehead atoms. The second-order valence-corrected chi connectivity index (χ2v) is 6.60. The normalized spacial score (nSPS) is 17.5. The van der Waals surface area contributed by atoms with E-state index in [-0.39, 0.29) is 17.9 Å². The molecular weight excluding hydrogens is 300 g/mol. The lowest BCUT2D eigenvalue weighted by atomic mass is 9.77. The third-order valence-corrected chi connectivity index (χ3v) is 5.24. The Labute approximate surface area is 142 Å². The van der Waals surface area contributed by atoms with Gasteiger partial charge in [0.15, 0.2) is 0 Å². The predicted octanol–water partition coefficient (Wildman–Crippen LogP) is 3.26. The summed E-state index contributed by atoms with van der Waals surface area (Å²) in [6.07, 6.45) is 6.08. The number of rotatable bonds is 4. The van der Waals surface area contributed by atoms with E-state index in [1.165, 1.54) is 0 Å². The van der Waals surface area contributed by atoms with Crippen LogP contribution in [0.2, 0.25) is 0 Å². The van der Waals surface area contributed by atoms with Gasteiger partial charge in [0, 0.05) is 31.2 Å². The number of para-hydroxylation sites is 1. The van der Waals surface area contributed by atoms with Crippen molar-refractivity contribution in [1.82, 2.24) is 9.88 Å². The number of aromatic nitrogens is 1. The van der Waals surface area contributed by atoms with Crippen LogP contribution >= 0.6 is 0 Å². The Balaban J connectivity index is 1.65. The Morgan fingerprint density at radius 2 is 2.00 bits per heavy atom. The van der Waals surface area contributed by atoms with Gasteiger partial charge in [-0.2, -0.15) is 0 Å². The number of benzene rings is 1. The molecule has 1 aliphatic heterocycles. The van der Waals surface area contributed by atoms with Crippen LogP contribution in [0.15, 0.2) is 42.5 Å². The van der Waals surface area contributed by atoms with Crippen LogP contribution in [-0.2, 0) is 4.79 Å². The van der Waals surface area contributed by atoms with Crippen molar-refractivity contribution >= 4 is 22.9 Å². The maximum Gasteiger partial charge on any atom is 0.246 e. The van der Waals surface area contributed by atoms with E-state index in [4.69, 9.17) is 0 Å². The molecule has 1 aromatic heterocycles. The van der Waals surface area contributed by atoms with Crippen LogP contribution in [0.4, 0.5) is 0 Å². The standard InChI is InChI=1S/C20H24N2O2/c1-2-20(15-23)11-13-22(14-12-20)19(24)10-9-17-8-7-16-5-3-4-6-18(16)21-17/h3-10,23H,2,11-15H2,1H3/b10-9+. The topological polar surface area (TPSA) is 53.4 Å². The number of carbonyl (C=O) groups excluding carboxylic acids is 1. The lowest BCUT2D eigenvalue weighted by molar-refractivity contribution is -0.128. The zero-order valence-corrected chi connectivity index (χ0v) is 14.1. The van der Waals surface area contributed by atoms with Gasteiger partial charge in [0.1, 0.15) is 0 Å². The average molecular weight is 324 g/mol. The highest BCUT2D eigenvalue weighted by Gasteiger charge is 2.33. The first-order valence-corrected chi connectivity index (χ1v) is 8.59. The SMILES string of the molecule is CCC1(CO)CCN(C(=O)/C=C/c2ccc3ccccc3n2)CC1. The van der Waals surface area contributed by atoms with Crippen LogP contribution in [0.1, 0.15) is 31.9 Å². The van der Waals surface area contributed by atoms with Gasteiger partial charge in [-0.3, -0.25) is 4.79 Å². The fourth-order valence-electron chi connectivity index (χ4n) is 3.26. The lowest BCUT2D eigenvalue weighted by Gasteiger charge is -2.39. The van der Waals surface area contributed by atoms with Crippen LogP contribution in [0.5, 0.6) is 0 Å². The van der Waals surface area contributed by atoms with E-state index in [9.17, 15) is 9.90 Å². The van der Waals surface area contributed by atoms with Gasteiger partial charge in [0.25, 0.3) is 0 Å².